The third kappa shape index (κ3) is 4.16. The fraction of sp³-hybridized carbons (Fsp3) is 0.800. The molecule has 0 aromatic carbocycles. The summed E-state index contributed by atoms with van der Waals surface area (Å²) in [6.45, 7) is 8.35. The number of hydrogen-bond acceptors (Lipinski definition) is 6. The Labute approximate surface area is 136 Å². The second kappa shape index (κ2) is 6.91. The molecule has 1 saturated carbocycles. The van der Waals surface area contributed by atoms with E-state index in [1.54, 1.807) is 0 Å². The van der Waals surface area contributed by atoms with E-state index in [1.165, 1.54) is 24.4 Å². The third-order valence-corrected chi connectivity index (χ3v) is 5.33. The monoisotopic (exact) mass is 323 g/mol. The average Bonchev–Trinajstić information content (AvgIpc) is 3.26. The molecule has 1 saturated heterocycles. The lowest BCUT2D eigenvalue weighted by molar-refractivity contribution is -0.122. The van der Waals surface area contributed by atoms with E-state index in [4.69, 9.17) is 0 Å². The minimum atomic E-state index is 0.166. The molecule has 1 aromatic heterocycles. The Kier molecular flexibility index (Phi) is 4.93. The van der Waals surface area contributed by atoms with Crippen LogP contribution < -0.4 is 10.2 Å². The van der Waals surface area contributed by atoms with Crippen molar-refractivity contribution in [1.82, 2.24) is 19.6 Å². The first kappa shape index (κ1) is 15.7. The van der Waals surface area contributed by atoms with E-state index in [0.717, 1.165) is 43.6 Å². The molecule has 1 amide bonds. The molecule has 1 atom stereocenters. The lowest BCUT2D eigenvalue weighted by Crippen LogP contribution is -2.43. The van der Waals surface area contributed by atoms with Gasteiger partial charge in [-0.3, -0.25) is 9.69 Å². The van der Waals surface area contributed by atoms with Crippen LogP contribution in [0, 0.1) is 12.8 Å². The molecule has 1 N–H and O–H groups in total. The van der Waals surface area contributed by atoms with Gasteiger partial charge >= 0.3 is 0 Å². The Balaban J connectivity index is 1.46. The summed E-state index contributed by atoms with van der Waals surface area (Å²) < 4.78 is 4.26. The van der Waals surface area contributed by atoms with Crippen LogP contribution in [0.5, 0.6) is 0 Å². The maximum absolute atomic E-state index is 12.1. The molecule has 3 rings (SSSR count). The van der Waals surface area contributed by atoms with Gasteiger partial charge in [-0.15, -0.1) is 0 Å². The zero-order valence-electron chi connectivity index (χ0n) is 13.4. The van der Waals surface area contributed by atoms with Crippen LogP contribution in [0.25, 0.3) is 0 Å². The highest BCUT2D eigenvalue weighted by Crippen LogP contribution is 2.32. The van der Waals surface area contributed by atoms with E-state index in [0.29, 0.717) is 18.5 Å². The van der Waals surface area contributed by atoms with Crippen LogP contribution in [0.1, 0.15) is 32.0 Å². The largest absolute Gasteiger partial charge is 0.352 e. The minimum absolute atomic E-state index is 0.166. The molecule has 2 heterocycles. The Morgan fingerprint density at radius 3 is 2.86 bits per heavy atom. The molecule has 1 aromatic rings. The molecule has 1 aliphatic heterocycles. The number of carbonyl (C=O) groups is 1. The van der Waals surface area contributed by atoms with E-state index in [9.17, 15) is 4.79 Å². The maximum atomic E-state index is 12.1. The fourth-order valence-corrected chi connectivity index (χ4v) is 3.68. The number of amides is 1. The molecule has 1 unspecified atom stereocenters. The van der Waals surface area contributed by atoms with E-state index in [2.05, 4.69) is 31.4 Å². The van der Waals surface area contributed by atoms with Crippen molar-refractivity contribution >= 4 is 22.6 Å². The number of carbonyl (C=O) groups excluding carboxylic acids is 1. The van der Waals surface area contributed by atoms with Crippen molar-refractivity contribution in [3.8, 4) is 0 Å². The topological polar surface area (TPSA) is 61.4 Å². The van der Waals surface area contributed by atoms with Gasteiger partial charge in [-0.25, -0.2) is 4.98 Å². The Morgan fingerprint density at radius 2 is 2.18 bits per heavy atom. The summed E-state index contributed by atoms with van der Waals surface area (Å²) in [5, 5.41) is 4.15. The van der Waals surface area contributed by atoms with Gasteiger partial charge in [0.1, 0.15) is 5.82 Å². The number of aryl methyl sites for hydroxylation is 1. The molecular formula is C15H25N5OS. The fourth-order valence-electron chi connectivity index (χ4n) is 2.95. The summed E-state index contributed by atoms with van der Waals surface area (Å²) >= 11 is 1.47. The van der Waals surface area contributed by atoms with Crippen molar-refractivity contribution in [2.75, 3.05) is 37.6 Å². The zero-order chi connectivity index (χ0) is 15.5. The summed E-state index contributed by atoms with van der Waals surface area (Å²) in [4.78, 5) is 21.1. The Bertz CT molecular complexity index is 516. The van der Waals surface area contributed by atoms with Crippen molar-refractivity contribution in [1.29, 1.82) is 0 Å². The highest BCUT2D eigenvalue weighted by molar-refractivity contribution is 7.09. The lowest BCUT2D eigenvalue weighted by Gasteiger charge is -2.22. The molecular weight excluding hydrogens is 298 g/mol. The molecule has 0 spiro atoms. The Morgan fingerprint density at radius 1 is 1.36 bits per heavy atom. The van der Waals surface area contributed by atoms with Gasteiger partial charge in [-0.05, 0) is 39.0 Å². The average molecular weight is 323 g/mol. The summed E-state index contributed by atoms with van der Waals surface area (Å²) in [6, 6.07) is 0.334. The van der Waals surface area contributed by atoms with Gasteiger partial charge in [0.2, 0.25) is 11.0 Å². The second-order valence-corrected chi connectivity index (χ2v) is 7.16. The molecule has 1 aliphatic carbocycles. The highest BCUT2D eigenvalue weighted by atomic mass is 32.1. The van der Waals surface area contributed by atoms with Gasteiger partial charge in [0, 0.05) is 43.8 Å². The number of anilines is 1. The smallest absolute Gasteiger partial charge is 0.234 e. The van der Waals surface area contributed by atoms with Gasteiger partial charge in [-0.2, -0.15) is 4.37 Å². The molecule has 2 aliphatic rings. The van der Waals surface area contributed by atoms with E-state index < -0.39 is 0 Å². The summed E-state index contributed by atoms with van der Waals surface area (Å²) in [5.74, 6) is 1.72. The Hall–Kier alpha value is -1.21. The number of aromatic nitrogens is 2. The van der Waals surface area contributed by atoms with Crippen LogP contribution in [0.15, 0.2) is 0 Å². The second-order valence-electron chi connectivity index (χ2n) is 6.43. The van der Waals surface area contributed by atoms with Crippen LogP contribution in [0.2, 0.25) is 0 Å². The van der Waals surface area contributed by atoms with Gasteiger partial charge in [0.25, 0.3) is 0 Å². The van der Waals surface area contributed by atoms with Gasteiger partial charge in [-0.1, -0.05) is 0 Å². The third-order valence-electron chi connectivity index (χ3n) is 4.46. The van der Waals surface area contributed by atoms with E-state index >= 15 is 0 Å². The molecule has 6 nitrogen and oxygen atoms in total. The van der Waals surface area contributed by atoms with E-state index in [-0.39, 0.29) is 5.91 Å². The summed E-state index contributed by atoms with van der Waals surface area (Å²) in [5.41, 5.74) is 0. The maximum Gasteiger partial charge on any atom is 0.234 e. The molecule has 0 bridgehead atoms. The van der Waals surface area contributed by atoms with Crippen LogP contribution in [-0.4, -0.2) is 58.9 Å². The van der Waals surface area contributed by atoms with Crippen molar-refractivity contribution < 1.29 is 4.79 Å². The SMILES string of the molecule is Cc1nsc(N2CCCN(CC(=O)NC(C)C3CC3)CC2)n1. The summed E-state index contributed by atoms with van der Waals surface area (Å²) in [7, 11) is 0. The van der Waals surface area contributed by atoms with Gasteiger partial charge in [0.05, 0.1) is 6.54 Å². The lowest BCUT2D eigenvalue weighted by atomic mass is 10.2. The van der Waals surface area contributed by atoms with Crippen LogP contribution in [-0.2, 0) is 4.79 Å². The first-order valence-electron chi connectivity index (χ1n) is 8.19. The zero-order valence-corrected chi connectivity index (χ0v) is 14.2. The predicted molar refractivity (Wildman–Crippen MR) is 88.2 cm³/mol. The van der Waals surface area contributed by atoms with Gasteiger partial charge < -0.3 is 10.2 Å². The van der Waals surface area contributed by atoms with Crippen molar-refractivity contribution in [3.05, 3.63) is 5.82 Å². The predicted octanol–water partition coefficient (Wildman–Crippen LogP) is 1.27. The van der Waals surface area contributed by atoms with Gasteiger partial charge in [0.15, 0.2) is 0 Å². The van der Waals surface area contributed by atoms with Crippen LogP contribution in [0.4, 0.5) is 5.13 Å². The first-order valence-corrected chi connectivity index (χ1v) is 8.96. The summed E-state index contributed by atoms with van der Waals surface area (Å²) in [6.07, 6.45) is 3.59. The standard InChI is InChI=1S/C15H25N5OS/c1-11(13-4-5-13)16-14(21)10-19-6-3-7-20(9-8-19)15-17-12(2)18-22-15/h11,13H,3-10H2,1-2H3,(H,16,21). The number of nitrogens with one attached hydrogen (secondary N) is 1. The quantitative estimate of drug-likeness (QED) is 0.884. The van der Waals surface area contributed by atoms with Crippen LogP contribution >= 0.6 is 11.5 Å². The molecule has 122 valence electrons. The molecule has 7 heteroatoms. The number of rotatable bonds is 5. The number of nitrogens with zero attached hydrogens (tertiary/aromatic N) is 4. The highest BCUT2D eigenvalue weighted by Gasteiger charge is 2.29. The van der Waals surface area contributed by atoms with Crippen molar-refractivity contribution in [2.45, 2.75) is 39.2 Å². The number of hydrogen-bond donors (Lipinski definition) is 1. The van der Waals surface area contributed by atoms with Crippen LogP contribution in [0.3, 0.4) is 0 Å². The molecule has 0 radical (unpaired) electrons. The minimum Gasteiger partial charge on any atom is -0.352 e. The molecule has 22 heavy (non-hydrogen) atoms. The van der Waals surface area contributed by atoms with Crippen molar-refractivity contribution in [2.24, 2.45) is 5.92 Å². The first-order chi connectivity index (χ1) is 10.6. The normalized spacial score (nSPS) is 21.5. The molecule has 2 fully saturated rings. The van der Waals surface area contributed by atoms with E-state index in [1.807, 2.05) is 6.92 Å². The van der Waals surface area contributed by atoms with Crippen molar-refractivity contribution in [3.63, 3.8) is 0 Å².